The molecule has 3 aromatic carbocycles. The van der Waals surface area contributed by atoms with Gasteiger partial charge in [0.1, 0.15) is 0 Å². The second-order valence-electron chi connectivity index (χ2n) is 7.75. The third kappa shape index (κ3) is 5.18. The second-order valence-corrected chi connectivity index (χ2v) is 9.70. The number of sulfone groups is 1. The minimum atomic E-state index is -3.52. The molecule has 4 nitrogen and oxygen atoms in total. The molecule has 2 N–H and O–H groups in total. The van der Waals surface area contributed by atoms with E-state index in [4.69, 9.17) is 0 Å². The van der Waals surface area contributed by atoms with Crippen LogP contribution in [0.3, 0.4) is 0 Å². The zero-order valence-electron chi connectivity index (χ0n) is 17.3. The molecule has 3 aromatic rings. The van der Waals surface area contributed by atoms with Crippen LogP contribution in [0.15, 0.2) is 82.6 Å². The molecule has 0 amide bonds. The van der Waals surface area contributed by atoms with Crippen molar-refractivity contribution in [3.63, 3.8) is 0 Å². The van der Waals surface area contributed by atoms with E-state index < -0.39 is 9.84 Å². The maximum Gasteiger partial charge on any atom is 0.206 e. The quantitative estimate of drug-likeness (QED) is 0.488. The smallest absolute Gasteiger partial charge is 0.206 e. The SMILES string of the molecule is CC(C)Nc1ccc(Nc2ccc(S(=O)(=O)c3ccc(C(C)C)cc3)cc2)cc1. The first-order valence-electron chi connectivity index (χ1n) is 9.84. The molecule has 0 radical (unpaired) electrons. The number of hydrogen-bond acceptors (Lipinski definition) is 4. The van der Waals surface area contributed by atoms with Crippen molar-refractivity contribution in [2.75, 3.05) is 10.6 Å². The Kier molecular flexibility index (Phi) is 6.28. The number of hydrogen-bond donors (Lipinski definition) is 2. The van der Waals surface area contributed by atoms with Crippen molar-refractivity contribution in [2.24, 2.45) is 0 Å². The Morgan fingerprint density at radius 1 is 0.621 bits per heavy atom. The Labute approximate surface area is 173 Å². The molecular formula is C24H28N2O2S. The lowest BCUT2D eigenvalue weighted by Crippen LogP contribution is -2.09. The van der Waals surface area contributed by atoms with Gasteiger partial charge in [-0.2, -0.15) is 0 Å². The molecule has 0 aliphatic carbocycles. The Balaban J connectivity index is 1.73. The summed E-state index contributed by atoms with van der Waals surface area (Å²) in [5.41, 5.74) is 3.97. The normalized spacial score (nSPS) is 11.7. The van der Waals surface area contributed by atoms with Crippen LogP contribution in [0.5, 0.6) is 0 Å². The molecule has 0 spiro atoms. The maximum atomic E-state index is 12.9. The number of nitrogens with one attached hydrogen (secondary N) is 2. The molecule has 5 heteroatoms. The summed E-state index contributed by atoms with van der Waals surface area (Å²) in [6, 6.07) is 22.4. The van der Waals surface area contributed by atoms with E-state index in [1.54, 1.807) is 36.4 Å². The van der Waals surface area contributed by atoms with Crippen LogP contribution in [-0.2, 0) is 9.84 Å². The second kappa shape index (κ2) is 8.70. The van der Waals surface area contributed by atoms with Crippen LogP contribution in [0.1, 0.15) is 39.2 Å². The van der Waals surface area contributed by atoms with Crippen molar-refractivity contribution in [2.45, 2.75) is 49.4 Å². The van der Waals surface area contributed by atoms with E-state index in [1.807, 2.05) is 36.4 Å². The maximum absolute atomic E-state index is 12.9. The fraction of sp³-hybridized carbons (Fsp3) is 0.250. The summed E-state index contributed by atoms with van der Waals surface area (Å²) in [5, 5.41) is 6.65. The van der Waals surface area contributed by atoms with Crippen LogP contribution in [0.2, 0.25) is 0 Å². The van der Waals surface area contributed by atoms with Gasteiger partial charge < -0.3 is 10.6 Å². The molecule has 0 saturated carbocycles. The highest BCUT2D eigenvalue weighted by Gasteiger charge is 2.17. The first-order valence-corrected chi connectivity index (χ1v) is 11.3. The van der Waals surface area contributed by atoms with Crippen LogP contribution in [0, 0.1) is 0 Å². The van der Waals surface area contributed by atoms with Gasteiger partial charge >= 0.3 is 0 Å². The molecular weight excluding hydrogens is 380 g/mol. The van der Waals surface area contributed by atoms with Gasteiger partial charge in [-0.3, -0.25) is 0 Å². The molecule has 0 fully saturated rings. The zero-order valence-corrected chi connectivity index (χ0v) is 18.1. The lowest BCUT2D eigenvalue weighted by Gasteiger charge is -2.12. The molecule has 0 bridgehead atoms. The Hall–Kier alpha value is -2.79. The van der Waals surface area contributed by atoms with Gasteiger partial charge in [0.05, 0.1) is 9.79 Å². The van der Waals surface area contributed by atoms with Crippen LogP contribution in [0.4, 0.5) is 17.1 Å². The van der Waals surface area contributed by atoms with E-state index in [1.165, 1.54) is 0 Å². The summed E-state index contributed by atoms with van der Waals surface area (Å²) in [4.78, 5) is 0.604. The van der Waals surface area contributed by atoms with Gasteiger partial charge in [0, 0.05) is 23.1 Å². The van der Waals surface area contributed by atoms with E-state index in [2.05, 4.69) is 38.3 Å². The van der Waals surface area contributed by atoms with Crippen LogP contribution < -0.4 is 10.6 Å². The fourth-order valence-electron chi connectivity index (χ4n) is 3.04. The van der Waals surface area contributed by atoms with E-state index in [0.29, 0.717) is 16.9 Å². The largest absolute Gasteiger partial charge is 0.383 e. The lowest BCUT2D eigenvalue weighted by atomic mass is 10.0. The Morgan fingerprint density at radius 2 is 1.03 bits per heavy atom. The highest BCUT2D eigenvalue weighted by Crippen LogP contribution is 2.26. The topological polar surface area (TPSA) is 58.2 Å². The van der Waals surface area contributed by atoms with Gasteiger partial charge in [-0.05, 0) is 86.0 Å². The molecule has 152 valence electrons. The van der Waals surface area contributed by atoms with E-state index in [-0.39, 0.29) is 4.90 Å². The first-order chi connectivity index (χ1) is 13.8. The van der Waals surface area contributed by atoms with Crippen molar-refractivity contribution in [1.29, 1.82) is 0 Å². The predicted octanol–water partition coefficient (Wildman–Crippen LogP) is 6.21. The predicted molar refractivity (Wildman–Crippen MR) is 121 cm³/mol. The number of anilines is 3. The van der Waals surface area contributed by atoms with Crippen LogP contribution >= 0.6 is 0 Å². The van der Waals surface area contributed by atoms with Gasteiger partial charge in [0.25, 0.3) is 0 Å². The van der Waals surface area contributed by atoms with Crippen molar-refractivity contribution in [3.8, 4) is 0 Å². The average Bonchev–Trinajstić information content (AvgIpc) is 2.69. The standard InChI is InChI=1S/C24H28N2O2S/c1-17(2)19-5-13-23(14-6-19)29(27,28)24-15-11-22(12-16-24)26-21-9-7-20(8-10-21)25-18(3)4/h5-18,25-26H,1-4H3. The molecule has 0 unspecified atom stereocenters. The highest BCUT2D eigenvalue weighted by molar-refractivity contribution is 7.91. The number of rotatable bonds is 7. The molecule has 0 aliphatic rings. The Bertz CT molecular complexity index is 1040. The molecule has 0 aromatic heterocycles. The third-order valence-corrected chi connectivity index (χ3v) is 6.44. The molecule has 3 rings (SSSR count). The highest BCUT2D eigenvalue weighted by atomic mass is 32.2. The molecule has 0 saturated heterocycles. The summed E-state index contributed by atoms with van der Waals surface area (Å²) in [6.45, 7) is 8.37. The van der Waals surface area contributed by atoms with E-state index in [9.17, 15) is 8.42 Å². The van der Waals surface area contributed by atoms with Gasteiger partial charge in [0.15, 0.2) is 0 Å². The molecule has 0 heterocycles. The Morgan fingerprint density at radius 3 is 1.48 bits per heavy atom. The summed E-state index contributed by atoms with van der Waals surface area (Å²) < 4.78 is 25.8. The summed E-state index contributed by atoms with van der Waals surface area (Å²) in [6.07, 6.45) is 0. The monoisotopic (exact) mass is 408 g/mol. The lowest BCUT2D eigenvalue weighted by molar-refractivity contribution is 0.596. The van der Waals surface area contributed by atoms with E-state index >= 15 is 0 Å². The van der Waals surface area contributed by atoms with Crippen LogP contribution in [-0.4, -0.2) is 14.5 Å². The van der Waals surface area contributed by atoms with E-state index in [0.717, 1.165) is 22.6 Å². The third-order valence-electron chi connectivity index (χ3n) is 4.65. The van der Waals surface area contributed by atoms with Crippen LogP contribution in [0.25, 0.3) is 0 Å². The van der Waals surface area contributed by atoms with Crippen molar-refractivity contribution in [1.82, 2.24) is 0 Å². The van der Waals surface area contributed by atoms with Gasteiger partial charge in [-0.1, -0.05) is 26.0 Å². The summed E-state index contributed by atoms with van der Waals surface area (Å²) in [7, 11) is -3.52. The fourth-order valence-corrected chi connectivity index (χ4v) is 4.30. The molecule has 0 aliphatic heterocycles. The number of benzene rings is 3. The minimum absolute atomic E-state index is 0.289. The zero-order chi connectivity index (χ0) is 21.0. The summed E-state index contributed by atoms with van der Waals surface area (Å²) >= 11 is 0. The molecule has 29 heavy (non-hydrogen) atoms. The minimum Gasteiger partial charge on any atom is -0.383 e. The van der Waals surface area contributed by atoms with Crippen molar-refractivity contribution >= 4 is 26.9 Å². The van der Waals surface area contributed by atoms with Crippen molar-refractivity contribution < 1.29 is 8.42 Å². The summed E-state index contributed by atoms with van der Waals surface area (Å²) in [5.74, 6) is 0.368. The molecule has 0 atom stereocenters. The average molecular weight is 409 g/mol. The van der Waals surface area contributed by atoms with Crippen molar-refractivity contribution in [3.05, 3.63) is 78.4 Å². The van der Waals surface area contributed by atoms with Gasteiger partial charge in [-0.25, -0.2) is 8.42 Å². The van der Waals surface area contributed by atoms with Gasteiger partial charge in [0.2, 0.25) is 9.84 Å². The van der Waals surface area contributed by atoms with Gasteiger partial charge in [-0.15, -0.1) is 0 Å². The first kappa shape index (κ1) is 20.9.